The van der Waals surface area contributed by atoms with E-state index in [0.717, 1.165) is 12.0 Å². The van der Waals surface area contributed by atoms with Gasteiger partial charge in [-0.3, -0.25) is 4.79 Å². The van der Waals surface area contributed by atoms with Crippen molar-refractivity contribution >= 4 is 17.8 Å². The second kappa shape index (κ2) is 5.56. The number of rotatable bonds is 3. The van der Waals surface area contributed by atoms with Gasteiger partial charge in [-0.05, 0) is 42.6 Å². The molecule has 98 valence electrons. The van der Waals surface area contributed by atoms with E-state index in [-0.39, 0.29) is 17.2 Å². The Kier molecular flexibility index (Phi) is 3.85. The van der Waals surface area contributed by atoms with E-state index < -0.39 is 0 Å². The van der Waals surface area contributed by atoms with Crippen LogP contribution in [0.15, 0.2) is 40.3 Å². The average molecular weight is 257 g/mol. The van der Waals surface area contributed by atoms with Gasteiger partial charge < -0.3 is 5.32 Å². The molecule has 1 unspecified atom stereocenters. The topological polar surface area (TPSA) is 70.9 Å². The molecule has 1 aliphatic rings. The van der Waals surface area contributed by atoms with Crippen LogP contribution in [-0.4, -0.2) is 12.1 Å². The number of allylic oxidation sites excluding steroid dienone is 1. The first-order valence-corrected chi connectivity index (χ1v) is 6.10. The SMILES string of the molecule is Cc1ccc(N=O)c(C(=O)NC2=CCC(C)C=N2)c1. The van der Waals surface area contributed by atoms with Gasteiger partial charge >= 0.3 is 0 Å². The summed E-state index contributed by atoms with van der Waals surface area (Å²) in [5, 5.41) is 5.55. The van der Waals surface area contributed by atoms with Crippen LogP contribution >= 0.6 is 0 Å². The molecule has 1 amide bonds. The molecule has 0 bridgehead atoms. The highest BCUT2D eigenvalue weighted by molar-refractivity contribution is 6.00. The highest BCUT2D eigenvalue weighted by Crippen LogP contribution is 2.21. The molecule has 1 atom stereocenters. The van der Waals surface area contributed by atoms with Crippen LogP contribution in [0.4, 0.5) is 5.69 Å². The van der Waals surface area contributed by atoms with E-state index in [1.165, 1.54) is 6.07 Å². The fourth-order valence-electron chi connectivity index (χ4n) is 1.80. The van der Waals surface area contributed by atoms with Crippen molar-refractivity contribution in [2.75, 3.05) is 0 Å². The van der Waals surface area contributed by atoms with Gasteiger partial charge in [-0.15, -0.1) is 4.91 Å². The maximum absolute atomic E-state index is 12.1. The van der Waals surface area contributed by atoms with E-state index in [2.05, 4.69) is 15.5 Å². The van der Waals surface area contributed by atoms with E-state index in [0.29, 0.717) is 11.7 Å². The first-order valence-electron chi connectivity index (χ1n) is 6.10. The van der Waals surface area contributed by atoms with E-state index in [4.69, 9.17) is 0 Å². The molecule has 5 nitrogen and oxygen atoms in total. The minimum absolute atomic E-state index is 0.136. The minimum Gasteiger partial charge on any atom is -0.307 e. The standard InChI is InChI=1S/C14H15N3O2/c1-9-3-5-12(17-19)11(7-9)14(18)16-13-6-4-10(2)8-15-13/h3,5-8,10H,4H2,1-2H3,(H,16,18). The summed E-state index contributed by atoms with van der Waals surface area (Å²) in [7, 11) is 0. The quantitative estimate of drug-likeness (QED) is 0.845. The van der Waals surface area contributed by atoms with Crippen LogP contribution in [0.1, 0.15) is 29.3 Å². The molecule has 1 N–H and O–H groups in total. The largest absolute Gasteiger partial charge is 0.307 e. The number of carbonyl (C=O) groups excluding carboxylic acids is 1. The highest BCUT2D eigenvalue weighted by Gasteiger charge is 2.14. The van der Waals surface area contributed by atoms with Crippen LogP contribution < -0.4 is 5.32 Å². The third-order valence-electron chi connectivity index (χ3n) is 2.89. The molecule has 0 radical (unpaired) electrons. The normalized spacial score (nSPS) is 17.8. The van der Waals surface area contributed by atoms with Crippen molar-refractivity contribution in [1.82, 2.24) is 5.32 Å². The summed E-state index contributed by atoms with van der Waals surface area (Å²) < 4.78 is 0. The Hall–Kier alpha value is -2.30. The van der Waals surface area contributed by atoms with Gasteiger partial charge in [-0.25, -0.2) is 4.99 Å². The van der Waals surface area contributed by atoms with E-state index in [1.54, 1.807) is 18.3 Å². The molecule has 0 aliphatic carbocycles. The number of hydrogen-bond acceptors (Lipinski definition) is 4. The molecule has 1 aliphatic heterocycles. The fourth-order valence-corrected chi connectivity index (χ4v) is 1.80. The van der Waals surface area contributed by atoms with Crippen LogP contribution in [0, 0.1) is 17.7 Å². The summed E-state index contributed by atoms with van der Waals surface area (Å²) in [4.78, 5) is 27.0. The lowest BCUT2D eigenvalue weighted by Crippen LogP contribution is -2.23. The third kappa shape index (κ3) is 3.13. The zero-order valence-electron chi connectivity index (χ0n) is 10.9. The monoisotopic (exact) mass is 257 g/mol. The van der Waals surface area contributed by atoms with Gasteiger partial charge in [0, 0.05) is 6.21 Å². The van der Waals surface area contributed by atoms with Gasteiger partial charge in [0.05, 0.1) is 5.56 Å². The van der Waals surface area contributed by atoms with E-state index in [1.807, 2.05) is 19.9 Å². The number of amides is 1. The van der Waals surface area contributed by atoms with Crippen molar-refractivity contribution in [1.29, 1.82) is 0 Å². The molecule has 2 rings (SSSR count). The summed E-state index contributed by atoms with van der Waals surface area (Å²) in [6, 6.07) is 4.92. The Morgan fingerprint density at radius 2 is 2.26 bits per heavy atom. The number of aryl methyl sites for hydroxylation is 1. The lowest BCUT2D eigenvalue weighted by atomic mass is 10.1. The number of nitroso groups, excluding NO2 is 1. The molecule has 0 saturated carbocycles. The highest BCUT2D eigenvalue weighted by atomic mass is 16.3. The first-order chi connectivity index (χ1) is 9.10. The maximum Gasteiger partial charge on any atom is 0.259 e. The summed E-state index contributed by atoms with van der Waals surface area (Å²) in [5.41, 5.74) is 1.30. The van der Waals surface area contributed by atoms with Gasteiger partial charge in [-0.2, -0.15) is 0 Å². The van der Waals surface area contributed by atoms with Gasteiger partial charge in [-0.1, -0.05) is 18.6 Å². The van der Waals surface area contributed by atoms with Crippen LogP contribution in [0.5, 0.6) is 0 Å². The summed E-state index contributed by atoms with van der Waals surface area (Å²) >= 11 is 0. The molecule has 0 fully saturated rings. The average Bonchev–Trinajstić information content (AvgIpc) is 2.41. The van der Waals surface area contributed by atoms with Crippen molar-refractivity contribution in [3.63, 3.8) is 0 Å². The zero-order valence-corrected chi connectivity index (χ0v) is 10.9. The Balaban J connectivity index is 2.19. The molecular formula is C14H15N3O2. The van der Waals surface area contributed by atoms with Crippen molar-refractivity contribution in [3.8, 4) is 0 Å². The lowest BCUT2D eigenvalue weighted by Gasteiger charge is -2.12. The van der Waals surface area contributed by atoms with E-state index in [9.17, 15) is 9.70 Å². The summed E-state index contributed by atoms with van der Waals surface area (Å²) in [5.74, 6) is 0.532. The number of hydrogen-bond donors (Lipinski definition) is 1. The van der Waals surface area contributed by atoms with Crippen LogP contribution in [0.25, 0.3) is 0 Å². The summed E-state index contributed by atoms with van der Waals surface area (Å²) in [6.45, 7) is 3.90. The third-order valence-corrected chi connectivity index (χ3v) is 2.89. The molecule has 19 heavy (non-hydrogen) atoms. The van der Waals surface area contributed by atoms with Crippen molar-refractivity contribution in [3.05, 3.63) is 46.1 Å². The Bertz CT molecular complexity index is 576. The molecule has 0 saturated heterocycles. The molecule has 0 aromatic heterocycles. The first kappa shape index (κ1) is 13.1. The minimum atomic E-state index is -0.365. The Morgan fingerprint density at radius 3 is 2.89 bits per heavy atom. The molecule has 1 aromatic carbocycles. The Morgan fingerprint density at radius 1 is 1.47 bits per heavy atom. The smallest absolute Gasteiger partial charge is 0.259 e. The lowest BCUT2D eigenvalue weighted by molar-refractivity contribution is 0.0966. The molecule has 0 spiro atoms. The predicted octanol–water partition coefficient (Wildman–Crippen LogP) is 3.07. The predicted molar refractivity (Wildman–Crippen MR) is 74.5 cm³/mol. The Labute approximate surface area is 111 Å². The van der Waals surface area contributed by atoms with Crippen molar-refractivity contribution in [2.24, 2.45) is 16.1 Å². The van der Waals surface area contributed by atoms with E-state index >= 15 is 0 Å². The van der Waals surface area contributed by atoms with Gasteiger partial charge in [0.1, 0.15) is 11.5 Å². The van der Waals surface area contributed by atoms with Crippen molar-refractivity contribution in [2.45, 2.75) is 20.3 Å². The van der Waals surface area contributed by atoms with Gasteiger partial charge in [0.15, 0.2) is 0 Å². The maximum atomic E-state index is 12.1. The molecular weight excluding hydrogens is 242 g/mol. The number of carbonyl (C=O) groups is 1. The van der Waals surface area contributed by atoms with Crippen LogP contribution in [0.3, 0.4) is 0 Å². The number of benzene rings is 1. The number of aliphatic imine (C=N–C) groups is 1. The summed E-state index contributed by atoms with van der Waals surface area (Å²) in [6.07, 6.45) is 4.50. The number of nitrogens with one attached hydrogen (secondary N) is 1. The van der Waals surface area contributed by atoms with Crippen LogP contribution in [0.2, 0.25) is 0 Å². The molecule has 5 heteroatoms. The second-order valence-electron chi connectivity index (χ2n) is 4.65. The zero-order chi connectivity index (χ0) is 13.8. The van der Waals surface area contributed by atoms with Crippen LogP contribution in [-0.2, 0) is 0 Å². The van der Waals surface area contributed by atoms with Gasteiger partial charge in [0.25, 0.3) is 5.91 Å². The second-order valence-corrected chi connectivity index (χ2v) is 4.65. The fraction of sp³-hybridized carbons (Fsp3) is 0.286. The molecule has 1 heterocycles. The van der Waals surface area contributed by atoms with Crippen molar-refractivity contribution < 1.29 is 4.79 Å². The number of nitrogens with zero attached hydrogens (tertiary/aromatic N) is 2. The van der Waals surface area contributed by atoms with Gasteiger partial charge in [0.2, 0.25) is 0 Å². The molecule has 1 aromatic rings.